The molecule has 0 radical (unpaired) electrons. The molecule has 2 aromatic rings. The van der Waals surface area contributed by atoms with Crippen LogP contribution in [0.4, 0.5) is 17.1 Å². The summed E-state index contributed by atoms with van der Waals surface area (Å²) in [5.74, 6) is 0.0356. The minimum Gasteiger partial charge on any atom is -0.506 e. The van der Waals surface area contributed by atoms with Crippen molar-refractivity contribution in [3.05, 3.63) is 52.6 Å². The molecule has 6 nitrogen and oxygen atoms in total. The lowest BCUT2D eigenvalue weighted by molar-refractivity contribution is -0.384. The zero-order valence-corrected chi connectivity index (χ0v) is 11.4. The molecule has 1 N–H and O–H groups in total. The Morgan fingerprint density at radius 2 is 1.85 bits per heavy atom. The van der Waals surface area contributed by atoms with Crippen molar-refractivity contribution in [3.8, 4) is 5.75 Å². The van der Waals surface area contributed by atoms with Gasteiger partial charge in [-0.15, -0.1) is 16.9 Å². The lowest BCUT2D eigenvalue weighted by atomic mass is 10.3. The summed E-state index contributed by atoms with van der Waals surface area (Å²) >= 11 is 1.53. The van der Waals surface area contributed by atoms with Crippen LogP contribution in [0.1, 0.15) is 0 Å². The Balaban J connectivity index is 2.22. The first-order valence-electron chi connectivity index (χ1n) is 5.63. The van der Waals surface area contributed by atoms with E-state index in [4.69, 9.17) is 0 Å². The van der Waals surface area contributed by atoms with E-state index in [0.29, 0.717) is 11.4 Å². The molecule has 0 saturated heterocycles. The first-order valence-corrected chi connectivity index (χ1v) is 6.86. The minimum atomic E-state index is -0.477. The molecule has 7 heteroatoms. The number of phenolic OH excluding ortho intramolecular Hbond substituents is 1. The van der Waals surface area contributed by atoms with Crippen molar-refractivity contribution >= 4 is 28.8 Å². The zero-order chi connectivity index (χ0) is 14.5. The SMILES string of the molecule is CSc1ccc(O)c(/N=N/c2ccc([N+](=O)[O-])cc2)c1. The Bertz CT molecular complexity index is 656. The molecule has 0 saturated carbocycles. The third-order valence-corrected chi connectivity index (χ3v) is 3.24. The second-order valence-electron chi connectivity index (χ2n) is 3.83. The fourth-order valence-electron chi connectivity index (χ4n) is 1.46. The third kappa shape index (κ3) is 3.33. The fraction of sp³-hybridized carbons (Fsp3) is 0.0769. The van der Waals surface area contributed by atoms with Crippen molar-refractivity contribution in [3.63, 3.8) is 0 Å². The van der Waals surface area contributed by atoms with Gasteiger partial charge in [-0.25, -0.2) is 0 Å². The molecule has 2 rings (SSSR count). The number of benzene rings is 2. The van der Waals surface area contributed by atoms with E-state index in [-0.39, 0.29) is 11.4 Å². The van der Waals surface area contributed by atoms with Gasteiger partial charge in [0.2, 0.25) is 0 Å². The monoisotopic (exact) mass is 289 g/mol. The van der Waals surface area contributed by atoms with Crippen molar-refractivity contribution in [1.82, 2.24) is 0 Å². The molecule has 0 spiro atoms. The standard InChI is InChI=1S/C13H11N3O3S/c1-20-11-6-7-13(17)12(8-11)15-14-9-2-4-10(5-3-9)16(18)19/h2-8,17H,1H3/b15-14+. The normalized spacial score (nSPS) is 10.8. The molecular weight excluding hydrogens is 278 g/mol. The summed E-state index contributed by atoms with van der Waals surface area (Å²) in [7, 11) is 0. The molecule has 102 valence electrons. The summed E-state index contributed by atoms with van der Waals surface area (Å²) in [4.78, 5) is 11.0. The van der Waals surface area contributed by atoms with Crippen LogP contribution in [0.3, 0.4) is 0 Å². The van der Waals surface area contributed by atoms with E-state index < -0.39 is 4.92 Å². The van der Waals surface area contributed by atoms with Crippen molar-refractivity contribution in [1.29, 1.82) is 0 Å². The maximum atomic E-state index is 10.5. The topological polar surface area (TPSA) is 88.1 Å². The summed E-state index contributed by atoms with van der Waals surface area (Å²) in [5.41, 5.74) is 0.830. The highest BCUT2D eigenvalue weighted by molar-refractivity contribution is 7.98. The van der Waals surface area contributed by atoms with Crippen molar-refractivity contribution in [2.24, 2.45) is 10.2 Å². The largest absolute Gasteiger partial charge is 0.506 e. The first-order chi connectivity index (χ1) is 9.60. The number of thioether (sulfide) groups is 1. The molecule has 0 heterocycles. The highest BCUT2D eigenvalue weighted by atomic mass is 32.2. The van der Waals surface area contributed by atoms with Gasteiger partial charge >= 0.3 is 0 Å². The predicted octanol–water partition coefficient (Wildman–Crippen LogP) is 4.44. The number of nitro benzene ring substituents is 1. The Morgan fingerprint density at radius 1 is 1.15 bits per heavy atom. The second kappa shape index (κ2) is 6.16. The van der Waals surface area contributed by atoms with E-state index in [1.165, 1.54) is 36.0 Å². The first kappa shape index (κ1) is 14.0. The van der Waals surface area contributed by atoms with Gasteiger partial charge in [-0.05, 0) is 36.6 Å². The van der Waals surface area contributed by atoms with Crippen LogP contribution in [-0.4, -0.2) is 16.3 Å². The van der Waals surface area contributed by atoms with Crippen molar-refractivity contribution in [2.45, 2.75) is 4.90 Å². The lowest BCUT2D eigenvalue weighted by Crippen LogP contribution is -1.85. The molecule has 0 aliphatic heterocycles. The van der Waals surface area contributed by atoms with Crippen LogP contribution in [-0.2, 0) is 0 Å². The van der Waals surface area contributed by atoms with Crippen LogP contribution in [0.2, 0.25) is 0 Å². The zero-order valence-electron chi connectivity index (χ0n) is 10.6. The maximum Gasteiger partial charge on any atom is 0.269 e. The summed E-state index contributed by atoms with van der Waals surface area (Å²) in [6.45, 7) is 0. The highest BCUT2D eigenvalue weighted by Gasteiger charge is 2.04. The summed E-state index contributed by atoms with van der Waals surface area (Å²) < 4.78 is 0. The molecule has 0 aromatic heterocycles. The van der Waals surface area contributed by atoms with Gasteiger partial charge in [0.05, 0.1) is 10.6 Å². The van der Waals surface area contributed by atoms with Crippen LogP contribution in [0.5, 0.6) is 5.75 Å². The second-order valence-corrected chi connectivity index (χ2v) is 4.71. The van der Waals surface area contributed by atoms with E-state index in [0.717, 1.165) is 4.90 Å². The highest BCUT2D eigenvalue weighted by Crippen LogP contribution is 2.32. The number of phenols is 1. The number of non-ortho nitro benzene ring substituents is 1. The van der Waals surface area contributed by atoms with Crippen LogP contribution in [0.25, 0.3) is 0 Å². The Hall–Kier alpha value is -2.41. The average molecular weight is 289 g/mol. The van der Waals surface area contributed by atoms with Crippen LogP contribution >= 0.6 is 11.8 Å². The molecule has 0 bridgehead atoms. The van der Waals surface area contributed by atoms with Crippen LogP contribution in [0.15, 0.2) is 57.6 Å². The molecule has 20 heavy (non-hydrogen) atoms. The van der Waals surface area contributed by atoms with E-state index in [1.54, 1.807) is 18.2 Å². The number of rotatable bonds is 4. The number of nitrogens with zero attached hydrogens (tertiary/aromatic N) is 3. The number of nitro groups is 1. The Morgan fingerprint density at radius 3 is 2.45 bits per heavy atom. The predicted molar refractivity (Wildman–Crippen MR) is 77.2 cm³/mol. The third-order valence-electron chi connectivity index (χ3n) is 2.52. The fourth-order valence-corrected chi connectivity index (χ4v) is 1.90. The van der Waals surface area contributed by atoms with Crippen molar-refractivity contribution < 1.29 is 10.0 Å². The van der Waals surface area contributed by atoms with Crippen LogP contribution < -0.4 is 0 Å². The molecular formula is C13H11N3O3S. The lowest BCUT2D eigenvalue weighted by Gasteiger charge is -2.00. The van der Waals surface area contributed by atoms with E-state index in [9.17, 15) is 15.2 Å². The quantitative estimate of drug-likeness (QED) is 0.390. The molecule has 0 fully saturated rings. The maximum absolute atomic E-state index is 10.5. The molecule has 0 aliphatic rings. The van der Waals surface area contributed by atoms with E-state index >= 15 is 0 Å². The van der Waals surface area contributed by atoms with Gasteiger partial charge in [0.1, 0.15) is 11.4 Å². The smallest absolute Gasteiger partial charge is 0.269 e. The van der Waals surface area contributed by atoms with Gasteiger partial charge in [-0.1, -0.05) is 0 Å². The van der Waals surface area contributed by atoms with Gasteiger partial charge in [-0.3, -0.25) is 10.1 Å². The van der Waals surface area contributed by atoms with E-state index in [2.05, 4.69) is 10.2 Å². The number of aromatic hydroxyl groups is 1. The van der Waals surface area contributed by atoms with Gasteiger partial charge in [0, 0.05) is 17.0 Å². The van der Waals surface area contributed by atoms with Gasteiger partial charge in [0.25, 0.3) is 5.69 Å². The summed E-state index contributed by atoms with van der Waals surface area (Å²) in [6.07, 6.45) is 1.92. The molecule has 0 amide bonds. The number of azo groups is 1. The number of hydrogen-bond acceptors (Lipinski definition) is 6. The van der Waals surface area contributed by atoms with Gasteiger partial charge in [0.15, 0.2) is 0 Å². The molecule has 0 atom stereocenters. The van der Waals surface area contributed by atoms with Crippen LogP contribution in [0, 0.1) is 10.1 Å². The average Bonchev–Trinajstić information content (AvgIpc) is 2.47. The summed E-state index contributed by atoms with van der Waals surface area (Å²) in [6, 6.07) is 10.8. The minimum absolute atomic E-state index is 0.00354. The Kier molecular flexibility index (Phi) is 4.31. The van der Waals surface area contributed by atoms with E-state index in [1.807, 2.05) is 6.26 Å². The molecule has 0 aliphatic carbocycles. The van der Waals surface area contributed by atoms with Crippen molar-refractivity contribution in [2.75, 3.05) is 6.26 Å². The molecule has 2 aromatic carbocycles. The summed E-state index contributed by atoms with van der Waals surface area (Å²) in [5, 5.41) is 28.1. The Labute approximate surface area is 119 Å². The number of hydrogen-bond donors (Lipinski definition) is 1. The molecule has 0 unspecified atom stereocenters. The van der Waals surface area contributed by atoms with Gasteiger partial charge in [-0.2, -0.15) is 5.11 Å². The van der Waals surface area contributed by atoms with Gasteiger partial charge < -0.3 is 5.11 Å².